The van der Waals surface area contributed by atoms with Crippen molar-refractivity contribution in [1.82, 2.24) is 9.71 Å². The number of non-ortho nitro benzene ring substituents is 1. The SMILES string of the molecule is CC(C)OC(=O)Nc1ccc(-c2cnc(C3CCC(N(C(=O)O)c4ccc([N+](=O)[O-])cc4)CC3)s2)c(S(=O)(=O)NC(C)(C)C)c1. The molecule has 45 heavy (non-hydrogen) atoms. The average molecular weight is 660 g/mol. The van der Waals surface area contributed by atoms with Crippen LogP contribution in [0, 0.1) is 10.1 Å². The molecule has 1 fully saturated rings. The van der Waals surface area contributed by atoms with Crippen LogP contribution in [0.15, 0.2) is 53.6 Å². The Kier molecular flexibility index (Phi) is 10.1. The van der Waals surface area contributed by atoms with Crippen LogP contribution < -0.4 is 14.9 Å². The monoisotopic (exact) mass is 659 g/mol. The zero-order valence-corrected chi connectivity index (χ0v) is 27.3. The summed E-state index contributed by atoms with van der Waals surface area (Å²) < 4.78 is 34.9. The summed E-state index contributed by atoms with van der Waals surface area (Å²) in [6.07, 6.45) is 1.90. The van der Waals surface area contributed by atoms with Crippen LogP contribution in [-0.2, 0) is 14.8 Å². The zero-order chi connectivity index (χ0) is 33.1. The number of carbonyl (C=O) groups excluding carboxylic acids is 1. The van der Waals surface area contributed by atoms with E-state index >= 15 is 0 Å². The minimum Gasteiger partial charge on any atom is -0.465 e. The van der Waals surface area contributed by atoms with Crippen molar-refractivity contribution in [3.05, 3.63) is 63.8 Å². The van der Waals surface area contributed by atoms with Crippen molar-refractivity contribution in [3.63, 3.8) is 0 Å². The first kappa shape index (κ1) is 33.8. The van der Waals surface area contributed by atoms with E-state index < -0.39 is 32.7 Å². The second kappa shape index (κ2) is 13.5. The lowest BCUT2D eigenvalue weighted by atomic mass is 9.85. The summed E-state index contributed by atoms with van der Waals surface area (Å²) in [5.41, 5.74) is 0.199. The second-order valence-electron chi connectivity index (χ2n) is 12.1. The number of thiazole rings is 1. The van der Waals surface area contributed by atoms with E-state index in [1.54, 1.807) is 52.9 Å². The number of amides is 2. The van der Waals surface area contributed by atoms with Crippen LogP contribution in [0.25, 0.3) is 10.4 Å². The molecule has 1 aliphatic carbocycles. The summed E-state index contributed by atoms with van der Waals surface area (Å²) in [4.78, 5) is 41.3. The van der Waals surface area contributed by atoms with Crippen LogP contribution in [0.4, 0.5) is 26.7 Å². The Balaban J connectivity index is 1.56. The molecule has 4 rings (SSSR count). The summed E-state index contributed by atoms with van der Waals surface area (Å²) in [6.45, 7) is 8.63. The number of benzene rings is 2. The molecule has 1 heterocycles. The first-order valence-corrected chi connectivity index (χ1v) is 16.7. The molecule has 1 saturated carbocycles. The summed E-state index contributed by atoms with van der Waals surface area (Å²) in [6, 6.07) is 9.80. The Bertz CT molecular complexity index is 1660. The average Bonchev–Trinajstić information content (AvgIpc) is 3.42. The van der Waals surface area contributed by atoms with Gasteiger partial charge in [-0.3, -0.25) is 20.3 Å². The molecule has 3 aromatic rings. The predicted octanol–water partition coefficient (Wildman–Crippen LogP) is 6.96. The van der Waals surface area contributed by atoms with E-state index in [0.717, 1.165) is 5.01 Å². The summed E-state index contributed by atoms with van der Waals surface area (Å²) in [7, 11) is -4.01. The number of nitro groups is 1. The number of carboxylic acid groups (broad SMARTS) is 1. The first-order valence-electron chi connectivity index (χ1n) is 14.4. The topological polar surface area (TPSA) is 181 Å². The number of ether oxygens (including phenoxy) is 1. The standard InChI is InChI=1S/C30H37N5O8S2/c1-18(2)43-28(36)32-20-8-15-24(26(16-20)45(41,42)33-30(3,4)5)25-17-31-27(44-25)19-6-9-21(10-7-19)34(29(37)38)22-11-13-23(14-12-22)35(39)40/h8,11-19,21,33H,6-7,9-10H2,1-5H3,(H,32,36)(H,37,38). The Hall–Kier alpha value is -4.08. The third-order valence-electron chi connectivity index (χ3n) is 7.05. The maximum absolute atomic E-state index is 13.5. The molecule has 0 spiro atoms. The number of rotatable bonds is 9. The van der Waals surface area contributed by atoms with Crippen molar-refractivity contribution in [2.45, 2.75) is 88.8 Å². The van der Waals surface area contributed by atoms with Crippen LogP contribution in [-0.4, -0.2) is 53.3 Å². The van der Waals surface area contributed by atoms with Crippen molar-refractivity contribution in [1.29, 1.82) is 0 Å². The van der Waals surface area contributed by atoms with Gasteiger partial charge in [-0.1, -0.05) is 6.07 Å². The zero-order valence-electron chi connectivity index (χ0n) is 25.6. The molecule has 0 radical (unpaired) electrons. The van der Waals surface area contributed by atoms with Gasteiger partial charge in [0.1, 0.15) is 0 Å². The number of nitro benzene ring substituents is 1. The Morgan fingerprint density at radius 2 is 1.76 bits per heavy atom. The minimum atomic E-state index is -4.01. The lowest BCUT2D eigenvalue weighted by Gasteiger charge is -2.34. The van der Waals surface area contributed by atoms with E-state index in [1.165, 1.54) is 46.6 Å². The van der Waals surface area contributed by atoms with Crippen LogP contribution in [0.1, 0.15) is 71.2 Å². The third-order valence-corrected chi connectivity index (χ3v) is 10.0. The quantitative estimate of drug-likeness (QED) is 0.161. The van der Waals surface area contributed by atoms with E-state index in [1.807, 2.05) is 0 Å². The molecule has 0 saturated heterocycles. The van der Waals surface area contributed by atoms with Crippen molar-refractivity contribution in [2.75, 3.05) is 10.2 Å². The molecular formula is C30H37N5O8S2. The number of aromatic nitrogens is 1. The molecular weight excluding hydrogens is 622 g/mol. The number of sulfonamides is 1. The Morgan fingerprint density at radius 3 is 2.31 bits per heavy atom. The minimum absolute atomic E-state index is 0.0149. The number of carbonyl (C=O) groups is 2. The highest BCUT2D eigenvalue weighted by Gasteiger charge is 2.32. The van der Waals surface area contributed by atoms with Gasteiger partial charge in [-0.25, -0.2) is 27.7 Å². The van der Waals surface area contributed by atoms with Crippen LogP contribution in [0.5, 0.6) is 0 Å². The predicted molar refractivity (Wildman–Crippen MR) is 171 cm³/mol. The fourth-order valence-electron chi connectivity index (χ4n) is 5.24. The van der Waals surface area contributed by atoms with Gasteiger partial charge in [0.05, 0.1) is 25.8 Å². The highest BCUT2D eigenvalue weighted by molar-refractivity contribution is 7.89. The second-order valence-corrected chi connectivity index (χ2v) is 14.9. The molecule has 15 heteroatoms. The molecule has 2 amide bonds. The highest BCUT2D eigenvalue weighted by atomic mass is 32.2. The van der Waals surface area contributed by atoms with Crippen LogP contribution in [0.2, 0.25) is 0 Å². The van der Waals surface area contributed by atoms with Crippen LogP contribution in [0.3, 0.4) is 0 Å². The van der Waals surface area contributed by atoms with Crippen molar-refractivity contribution >= 4 is 50.6 Å². The summed E-state index contributed by atoms with van der Waals surface area (Å²) in [5.74, 6) is 0.0482. The van der Waals surface area contributed by atoms with Gasteiger partial charge in [-0.15, -0.1) is 11.3 Å². The fraction of sp³-hybridized carbons (Fsp3) is 0.433. The normalized spacial score (nSPS) is 17.1. The molecule has 1 aromatic heterocycles. The lowest BCUT2D eigenvalue weighted by molar-refractivity contribution is -0.384. The van der Waals surface area contributed by atoms with E-state index in [4.69, 9.17) is 4.74 Å². The molecule has 1 aliphatic rings. The Morgan fingerprint density at radius 1 is 1.11 bits per heavy atom. The number of nitrogens with zero attached hydrogens (tertiary/aromatic N) is 3. The van der Waals surface area contributed by atoms with Gasteiger partial charge in [0.15, 0.2) is 0 Å². The number of nitrogens with one attached hydrogen (secondary N) is 2. The molecule has 0 unspecified atom stereocenters. The van der Waals surface area contributed by atoms with Gasteiger partial charge in [0, 0.05) is 52.8 Å². The lowest BCUT2D eigenvalue weighted by Crippen LogP contribution is -2.41. The van der Waals surface area contributed by atoms with E-state index in [-0.39, 0.29) is 34.3 Å². The largest absolute Gasteiger partial charge is 0.465 e. The van der Waals surface area contributed by atoms with E-state index in [2.05, 4.69) is 15.0 Å². The van der Waals surface area contributed by atoms with Gasteiger partial charge in [0.25, 0.3) is 5.69 Å². The fourth-order valence-corrected chi connectivity index (χ4v) is 8.10. The molecule has 3 N–H and O–H groups in total. The van der Waals surface area contributed by atoms with Crippen molar-refractivity contribution in [2.24, 2.45) is 0 Å². The highest BCUT2D eigenvalue weighted by Crippen LogP contribution is 2.41. The van der Waals surface area contributed by atoms with Gasteiger partial charge >= 0.3 is 12.2 Å². The third kappa shape index (κ3) is 8.55. The maximum Gasteiger partial charge on any atom is 0.412 e. The van der Waals surface area contributed by atoms with Gasteiger partial charge in [-0.2, -0.15) is 0 Å². The first-order chi connectivity index (χ1) is 21.0. The van der Waals surface area contributed by atoms with Crippen molar-refractivity contribution < 1.29 is 32.8 Å². The maximum atomic E-state index is 13.5. The smallest absolute Gasteiger partial charge is 0.412 e. The van der Waals surface area contributed by atoms with Crippen molar-refractivity contribution in [3.8, 4) is 10.4 Å². The number of hydrogen-bond acceptors (Lipinski definition) is 9. The molecule has 0 aliphatic heterocycles. The van der Waals surface area contributed by atoms with E-state index in [0.29, 0.717) is 41.8 Å². The van der Waals surface area contributed by atoms with Gasteiger partial charge in [-0.05, 0) is 84.6 Å². The number of anilines is 2. The molecule has 2 aromatic carbocycles. The molecule has 13 nitrogen and oxygen atoms in total. The summed E-state index contributed by atoms with van der Waals surface area (Å²) >= 11 is 1.38. The molecule has 0 atom stereocenters. The Labute approximate surface area is 265 Å². The molecule has 242 valence electrons. The van der Waals surface area contributed by atoms with Crippen LogP contribution >= 0.6 is 11.3 Å². The molecule has 0 bridgehead atoms. The van der Waals surface area contributed by atoms with E-state index in [9.17, 15) is 33.2 Å². The van der Waals surface area contributed by atoms with Gasteiger partial charge < -0.3 is 9.84 Å². The van der Waals surface area contributed by atoms with Gasteiger partial charge in [0.2, 0.25) is 10.0 Å². The summed E-state index contributed by atoms with van der Waals surface area (Å²) in [5, 5.41) is 24.3. The number of hydrogen-bond donors (Lipinski definition) is 3.